The first-order valence-corrected chi connectivity index (χ1v) is 14.8. The molecular weight excluding hydrogens is 536 g/mol. The van der Waals surface area contributed by atoms with E-state index in [9.17, 15) is 9.59 Å². The van der Waals surface area contributed by atoms with Crippen LogP contribution in [0.2, 0.25) is 10.0 Å². The van der Waals surface area contributed by atoms with Crippen LogP contribution in [0, 0.1) is 11.2 Å². The number of hydrogen-bond donors (Lipinski definition) is 2. The molecule has 210 valence electrons. The van der Waals surface area contributed by atoms with Gasteiger partial charge in [-0.25, -0.2) is 4.39 Å². The van der Waals surface area contributed by atoms with E-state index in [2.05, 4.69) is 36.3 Å². The Kier molecular flexibility index (Phi) is 8.13. The highest BCUT2D eigenvalue weighted by atomic mass is 35.5. The summed E-state index contributed by atoms with van der Waals surface area (Å²) in [6, 6.07) is 9.07. The van der Waals surface area contributed by atoms with Crippen LogP contribution in [0.25, 0.3) is 0 Å². The molecule has 1 spiro atoms. The zero-order valence-corrected chi connectivity index (χ0v) is 24.5. The van der Waals surface area contributed by atoms with Crippen molar-refractivity contribution < 1.29 is 14.0 Å². The van der Waals surface area contributed by atoms with E-state index in [1.807, 2.05) is 6.07 Å². The number of nitrogens with one attached hydrogen (secondary N) is 2. The number of Topliss-reactive ketones (excluding diaryl/α,β-unsaturated/α-hetero) is 1. The minimum atomic E-state index is -1.20. The largest absolute Gasteiger partial charge is 0.325 e. The minimum absolute atomic E-state index is 0.00221. The molecule has 1 amide bonds. The van der Waals surface area contributed by atoms with Crippen molar-refractivity contribution in [1.29, 1.82) is 0 Å². The normalized spacial score (nSPS) is 27.1. The van der Waals surface area contributed by atoms with Crippen molar-refractivity contribution in [3.8, 4) is 0 Å². The van der Waals surface area contributed by atoms with Crippen molar-refractivity contribution >= 4 is 40.6 Å². The maximum absolute atomic E-state index is 15.8. The molecule has 0 radical (unpaired) electrons. The smallest absolute Gasteiger partial charge is 0.237 e. The second-order valence-electron chi connectivity index (χ2n) is 12.6. The van der Waals surface area contributed by atoms with Crippen molar-refractivity contribution in [3.63, 3.8) is 0 Å². The molecule has 2 saturated heterocycles. The predicted octanol–water partition coefficient (Wildman–Crippen LogP) is 6.72. The van der Waals surface area contributed by atoms with Crippen LogP contribution in [0.1, 0.15) is 76.3 Å². The number of carbonyl (C=O) groups is 2. The summed E-state index contributed by atoms with van der Waals surface area (Å²) in [4.78, 5) is 30.6. The second-order valence-corrected chi connectivity index (χ2v) is 13.4. The summed E-state index contributed by atoms with van der Waals surface area (Å²) in [5, 5.41) is 7.09. The van der Waals surface area contributed by atoms with E-state index in [4.69, 9.17) is 23.2 Å². The molecule has 2 aromatic rings. The quantitative estimate of drug-likeness (QED) is 0.386. The van der Waals surface area contributed by atoms with E-state index in [1.165, 1.54) is 25.3 Å². The first-order chi connectivity index (χ1) is 18.5. The molecule has 0 bridgehead atoms. The Bertz CT molecular complexity index is 1260. The van der Waals surface area contributed by atoms with Crippen LogP contribution >= 0.6 is 23.2 Å². The van der Waals surface area contributed by atoms with Crippen LogP contribution in [0.15, 0.2) is 36.4 Å². The number of rotatable bonds is 7. The van der Waals surface area contributed by atoms with Crippen LogP contribution in [-0.2, 0) is 15.0 Å². The van der Waals surface area contributed by atoms with Gasteiger partial charge in [-0.1, -0.05) is 68.6 Å². The maximum atomic E-state index is 15.8. The number of benzene rings is 2. The van der Waals surface area contributed by atoms with Crippen LogP contribution < -0.4 is 10.6 Å². The van der Waals surface area contributed by atoms with E-state index in [1.54, 1.807) is 24.3 Å². The van der Waals surface area contributed by atoms with Gasteiger partial charge in [-0.05, 0) is 80.1 Å². The molecule has 5 nitrogen and oxygen atoms in total. The number of fused-ring (bicyclic) bond motifs is 2. The van der Waals surface area contributed by atoms with Gasteiger partial charge in [0.15, 0.2) is 0 Å². The summed E-state index contributed by atoms with van der Waals surface area (Å²) in [6.45, 7) is 9.35. The van der Waals surface area contributed by atoms with Gasteiger partial charge >= 0.3 is 0 Å². The fourth-order valence-corrected chi connectivity index (χ4v) is 7.37. The summed E-state index contributed by atoms with van der Waals surface area (Å²) in [5.74, 6) is -1.59. The monoisotopic (exact) mass is 573 g/mol. The first-order valence-electron chi connectivity index (χ1n) is 14.1. The van der Waals surface area contributed by atoms with Crippen molar-refractivity contribution in [2.75, 3.05) is 25.0 Å². The molecule has 39 heavy (non-hydrogen) atoms. The van der Waals surface area contributed by atoms with Gasteiger partial charge in [0.1, 0.15) is 17.0 Å². The zero-order chi connectivity index (χ0) is 27.9. The highest BCUT2D eigenvalue weighted by Gasteiger charge is 2.65. The lowest BCUT2D eigenvalue weighted by atomic mass is 9.62. The van der Waals surface area contributed by atoms with Crippen molar-refractivity contribution in [1.82, 2.24) is 10.2 Å². The van der Waals surface area contributed by atoms with E-state index in [0.717, 1.165) is 31.6 Å². The Morgan fingerprint density at radius 1 is 1.13 bits per heavy atom. The maximum Gasteiger partial charge on any atom is 0.237 e. The van der Waals surface area contributed by atoms with Crippen molar-refractivity contribution in [2.24, 2.45) is 5.41 Å². The number of halogens is 3. The topological polar surface area (TPSA) is 61.4 Å². The lowest BCUT2D eigenvalue weighted by Gasteiger charge is -2.37. The molecule has 8 heteroatoms. The molecule has 0 aromatic heterocycles. The third kappa shape index (κ3) is 5.38. The van der Waals surface area contributed by atoms with E-state index < -0.39 is 29.2 Å². The van der Waals surface area contributed by atoms with Gasteiger partial charge in [-0.15, -0.1) is 0 Å². The predicted molar refractivity (Wildman–Crippen MR) is 155 cm³/mol. The minimum Gasteiger partial charge on any atom is -0.325 e. The Morgan fingerprint density at radius 3 is 2.59 bits per heavy atom. The third-order valence-electron chi connectivity index (χ3n) is 8.63. The molecule has 2 N–H and O–H groups in total. The number of piperidine rings is 1. The van der Waals surface area contributed by atoms with Crippen LogP contribution in [-0.4, -0.2) is 48.3 Å². The molecule has 3 aliphatic heterocycles. The molecular formula is C31H38Cl2FN3O2. The lowest BCUT2D eigenvalue weighted by Crippen LogP contribution is -2.49. The van der Waals surface area contributed by atoms with E-state index in [-0.39, 0.29) is 22.1 Å². The highest BCUT2D eigenvalue weighted by molar-refractivity contribution is 6.31. The molecule has 5 rings (SSSR count). The van der Waals surface area contributed by atoms with Gasteiger partial charge in [0, 0.05) is 29.1 Å². The van der Waals surface area contributed by atoms with Gasteiger partial charge in [0.05, 0.1) is 11.1 Å². The Hall–Kier alpha value is -1.99. The van der Waals surface area contributed by atoms with Gasteiger partial charge < -0.3 is 15.5 Å². The second kappa shape index (κ2) is 11.1. The van der Waals surface area contributed by atoms with E-state index in [0.29, 0.717) is 29.1 Å². The third-order valence-corrected chi connectivity index (χ3v) is 9.16. The van der Waals surface area contributed by atoms with Gasteiger partial charge in [0.25, 0.3) is 0 Å². The molecule has 3 aliphatic rings. The average Bonchev–Trinajstić information content (AvgIpc) is 3.35. The van der Waals surface area contributed by atoms with Gasteiger partial charge in [0.2, 0.25) is 5.91 Å². The number of amides is 1. The summed E-state index contributed by atoms with van der Waals surface area (Å²) in [5.41, 5.74) is 0.277. The molecule has 2 fully saturated rings. The zero-order valence-electron chi connectivity index (χ0n) is 23.0. The molecule has 0 aliphatic carbocycles. The first kappa shape index (κ1) is 28.5. The molecule has 3 heterocycles. The van der Waals surface area contributed by atoms with Crippen LogP contribution in [0.5, 0.6) is 0 Å². The lowest BCUT2D eigenvalue weighted by molar-refractivity contribution is -0.122. The van der Waals surface area contributed by atoms with Crippen molar-refractivity contribution in [2.45, 2.75) is 82.7 Å². The highest BCUT2D eigenvalue weighted by Crippen LogP contribution is 2.57. The number of hydrogen-bond acceptors (Lipinski definition) is 4. The number of likely N-dealkylation sites (tertiary alicyclic amines) is 1. The Morgan fingerprint density at radius 2 is 1.87 bits per heavy atom. The molecule has 2 aromatic carbocycles. The molecule has 0 unspecified atom stereocenters. The van der Waals surface area contributed by atoms with Crippen molar-refractivity contribution in [3.05, 3.63) is 63.4 Å². The van der Waals surface area contributed by atoms with Gasteiger partial charge in [-0.2, -0.15) is 0 Å². The van der Waals surface area contributed by atoms with Crippen LogP contribution in [0.4, 0.5) is 10.1 Å². The average molecular weight is 575 g/mol. The van der Waals surface area contributed by atoms with E-state index >= 15 is 4.39 Å². The fourth-order valence-electron chi connectivity index (χ4n) is 7.02. The number of ketones is 1. The summed E-state index contributed by atoms with van der Waals surface area (Å²) in [6.07, 6.45) is 5.37. The fraction of sp³-hybridized carbons (Fsp3) is 0.548. The SMILES string of the molecule is CC(C)(C)C[C@H]1N[C@@H](C(=O)CCCN2CCCCC2)[C@H](c2cccc(Cl)c2F)[C@@]12C(=O)Nc1cc(Cl)ccc12. The standard InChI is InChI=1S/C31H38Cl2FN3O2/c1-30(2,3)18-25-31(21-13-12-19(32)17-23(21)35-29(31)39)26(20-9-7-10-22(33)27(20)34)28(36-25)24(38)11-8-16-37-14-5-4-6-15-37/h7,9-10,12-13,17,25-26,28,36H,4-6,8,11,14-16,18H2,1-3H3,(H,35,39)/t25-,26+,28+,31+/m1/s1. The Balaban J connectivity index is 1.59. The number of nitrogens with zero attached hydrogens (tertiary/aromatic N) is 1. The summed E-state index contributed by atoms with van der Waals surface area (Å²) in [7, 11) is 0. The summed E-state index contributed by atoms with van der Waals surface area (Å²) < 4.78 is 15.8. The Labute approximate surface area is 240 Å². The van der Waals surface area contributed by atoms with Crippen LogP contribution in [0.3, 0.4) is 0 Å². The molecule has 4 atom stereocenters. The number of carbonyl (C=O) groups excluding carboxylic acids is 2. The van der Waals surface area contributed by atoms with Gasteiger partial charge in [-0.3, -0.25) is 9.59 Å². The molecule has 0 saturated carbocycles. The summed E-state index contributed by atoms with van der Waals surface area (Å²) >= 11 is 12.6. The number of anilines is 1.